The Hall–Kier alpha value is -2.44. The molecule has 0 radical (unpaired) electrons. The summed E-state index contributed by atoms with van der Waals surface area (Å²) in [6, 6.07) is 8.06. The normalized spacial score (nSPS) is 25.4. The molecule has 2 unspecified atom stereocenters. The van der Waals surface area contributed by atoms with Gasteiger partial charge in [-0.05, 0) is 24.1 Å². The SMILES string of the molecule is O=C(NCCn1ncnn1)C1CC12CCOc1ccccc12. The van der Waals surface area contributed by atoms with Gasteiger partial charge in [-0.25, -0.2) is 0 Å². The third kappa shape index (κ3) is 2.13. The second-order valence-electron chi connectivity index (χ2n) is 5.83. The number of nitrogens with zero attached hydrogens (tertiary/aromatic N) is 4. The molecule has 0 bridgehead atoms. The maximum atomic E-state index is 12.4. The molecule has 7 heteroatoms. The van der Waals surface area contributed by atoms with Crippen LogP contribution in [-0.4, -0.2) is 39.3 Å². The maximum absolute atomic E-state index is 12.4. The van der Waals surface area contributed by atoms with Gasteiger partial charge in [0.25, 0.3) is 0 Å². The van der Waals surface area contributed by atoms with Crippen molar-refractivity contribution in [3.05, 3.63) is 36.2 Å². The molecule has 7 nitrogen and oxygen atoms in total. The van der Waals surface area contributed by atoms with E-state index in [4.69, 9.17) is 4.74 Å². The number of aromatic nitrogens is 4. The Balaban J connectivity index is 1.40. The third-order valence-electron chi connectivity index (χ3n) is 4.62. The van der Waals surface area contributed by atoms with E-state index in [0.717, 1.165) is 18.6 Å². The Labute approximate surface area is 127 Å². The third-order valence-corrected chi connectivity index (χ3v) is 4.62. The molecule has 2 aliphatic rings. The standard InChI is InChI=1S/C15H17N5O2/c21-14(16-6-7-20-18-10-17-19-20)12-9-15(12)5-8-22-13-4-2-1-3-11(13)15/h1-4,10,12H,5-9H2,(H,16,21). The lowest BCUT2D eigenvalue weighted by Gasteiger charge is -2.26. The van der Waals surface area contributed by atoms with Crippen LogP contribution in [0.25, 0.3) is 0 Å². The van der Waals surface area contributed by atoms with E-state index >= 15 is 0 Å². The van der Waals surface area contributed by atoms with Crippen LogP contribution in [0.4, 0.5) is 0 Å². The number of hydrogen-bond acceptors (Lipinski definition) is 5. The van der Waals surface area contributed by atoms with Crippen LogP contribution >= 0.6 is 0 Å². The van der Waals surface area contributed by atoms with Crippen molar-refractivity contribution in [3.63, 3.8) is 0 Å². The number of amides is 1. The van der Waals surface area contributed by atoms with Gasteiger partial charge >= 0.3 is 0 Å². The first-order valence-electron chi connectivity index (χ1n) is 7.50. The Kier molecular flexibility index (Phi) is 3.06. The molecular weight excluding hydrogens is 282 g/mol. The summed E-state index contributed by atoms with van der Waals surface area (Å²) in [5, 5.41) is 14.3. The van der Waals surface area contributed by atoms with E-state index in [1.54, 1.807) is 0 Å². The molecular formula is C15H17N5O2. The molecule has 22 heavy (non-hydrogen) atoms. The molecule has 2 aromatic rings. The zero-order valence-corrected chi connectivity index (χ0v) is 12.1. The number of para-hydroxylation sites is 1. The number of carbonyl (C=O) groups excluding carboxylic acids is 1. The second kappa shape index (κ2) is 5.08. The van der Waals surface area contributed by atoms with Crippen molar-refractivity contribution >= 4 is 5.91 Å². The van der Waals surface area contributed by atoms with Crippen molar-refractivity contribution in [2.24, 2.45) is 5.92 Å². The lowest BCUT2D eigenvalue weighted by molar-refractivity contribution is -0.122. The zero-order valence-electron chi connectivity index (χ0n) is 12.1. The summed E-state index contributed by atoms with van der Waals surface area (Å²) in [5.41, 5.74) is 1.16. The van der Waals surface area contributed by atoms with Crippen molar-refractivity contribution < 1.29 is 9.53 Å². The van der Waals surface area contributed by atoms with Crippen molar-refractivity contribution in [2.45, 2.75) is 24.8 Å². The second-order valence-corrected chi connectivity index (χ2v) is 5.83. The number of rotatable bonds is 4. The van der Waals surface area contributed by atoms with Crippen molar-refractivity contribution in [3.8, 4) is 5.75 Å². The van der Waals surface area contributed by atoms with E-state index in [-0.39, 0.29) is 17.2 Å². The first-order valence-corrected chi connectivity index (χ1v) is 7.50. The van der Waals surface area contributed by atoms with Crippen LogP contribution in [0.5, 0.6) is 5.75 Å². The largest absolute Gasteiger partial charge is 0.493 e. The van der Waals surface area contributed by atoms with Gasteiger partial charge in [-0.3, -0.25) is 4.79 Å². The minimum absolute atomic E-state index is 0.0234. The molecule has 1 saturated carbocycles. The Bertz CT molecular complexity index is 687. The van der Waals surface area contributed by atoms with Gasteiger partial charge in [0, 0.05) is 23.4 Å². The number of nitrogens with one attached hydrogen (secondary N) is 1. The number of tetrazole rings is 1. The summed E-state index contributed by atoms with van der Waals surface area (Å²) in [6.07, 6.45) is 3.20. The van der Waals surface area contributed by atoms with Crippen LogP contribution in [0.3, 0.4) is 0 Å². The zero-order chi connectivity index (χ0) is 15.0. The monoisotopic (exact) mass is 299 g/mol. The average Bonchev–Trinajstić information content (AvgIpc) is 3.02. The number of ether oxygens (including phenoxy) is 1. The van der Waals surface area contributed by atoms with Crippen LogP contribution in [0.2, 0.25) is 0 Å². The maximum Gasteiger partial charge on any atom is 0.224 e. The fraction of sp³-hybridized carbons (Fsp3) is 0.467. The van der Waals surface area contributed by atoms with E-state index in [1.165, 1.54) is 16.7 Å². The van der Waals surface area contributed by atoms with E-state index in [9.17, 15) is 4.79 Å². The Morgan fingerprint density at radius 3 is 3.23 bits per heavy atom. The quantitative estimate of drug-likeness (QED) is 0.890. The van der Waals surface area contributed by atoms with Crippen LogP contribution in [0, 0.1) is 5.92 Å². The van der Waals surface area contributed by atoms with E-state index in [0.29, 0.717) is 19.7 Å². The molecule has 1 fully saturated rings. The van der Waals surface area contributed by atoms with Crippen molar-refractivity contribution in [2.75, 3.05) is 13.2 Å². The predicted octanol–water partition coefficient (Wildman–Crippen LogP) is 0.530. The minimum atomic E-state index is -0.0234. The van der Waals surface area contributed by atoms with Gasteiger partial charge in [-0.15, -0.1) is 10.2 Å². The molecule has 2 atom stereocenters. The number of benzene rings is 1. The number of carbonyl (C=O) groups is 1. The van der Waals surface area contributed by atoms with Gasteiger partial charge in [0.15, 0.2) is 6.33 Å². The first-order chi connectivity index (χ1) is 10.8. The molecule has 1 amide bonds. The molecule has 1 aromatic carbocycles. The first kappa shape index (κ1) is 13.2. The number of fused-ring (bicyclic) bond motifs is 2. The summed E-state index contributed by atoms with van der Waals surface area (Å²) < 4.78 is 5.70. The Morgan fingerprint density at radius 1 is 1.45 bits per heavy atom. The summed E-state index contributed by atoms with van der Waals surface area (Å²) in [6.45, 7) is 1.73. The molecule has 0 saturated heterocycles. The summed E-state index contributed by atoms with van der Waals surface area (Å²) in [4.78, 5) is 13.9. The van der Waals surface area contributed by atoms with Gasteiger partial charge in [-0.1, -0.05) is 18.2 Å². The summed E-state index contributed by atoms with van der Waals surface area (Å²) >= 11 is 0. The molecule has 1 aliphatic carbocycles. The van der Waals surface area contributed by atoms with Gasteiger partial charge in [0.1, 0.15) is 5.75 Å². The van der Waals surface area contributed by atoms with Crippen LogP contribution in [0.1, 0.15) is 18.4 Å². The molecule has 1 N–H and O–H groups in total. The van der Waals surface area contributed by atoms with Crippen LogP contribution in [-0.2, 0) is 16.8 Å². The fourth-order valence-electron chi connectivity index (χ4n) is 3.40. The molecule has 1 aromatic heterocycles. The van der Waals surface area contributed by atoms with E-state index in [1.807, 2.05) is 18.2 Å². The predicted molar refractivity (Wildman–Crippen MR) is 77.2 cm³/mol. The van der Waals surface area contributed by atoms with Gasteiger partial charge in [0.05, 0.1) is 13.2 Å². The van der Waals surface area contributed by atoms with E-state index < -0.39 is 0 Å². The lowest BCUT2D eigenvalue weighted by atomic mass is 9.87. The fourth-order valence-corrected chi connectivity index (χ4v) is 3.40. The summed E-state index contributed by atoms with van der Waals surface area (Å²) in [5.74, 6) is 1.08. The molecule has 4 rings (SSSR count). The van der Waals surface area contributed by atoms with Gasteiger partial charge < -0.3 is 10.1 Å². The van der Waals surface area contributed by atoms with Crippen molar-refractivity contribution in [1.29, 1.82) is 0 Å². The smallest absolute Gasteiger partial charge is 0.224 e. The van der Waals surface area contributed by atoms with Gasteiger partial charge in [0.2, 0.25) is 5.91 Å². The highest BCUT2D eigenvalue weighted by atomic mass is 16.5. The molecule has 1 spiro atoms. The Morgan fingerprint density at radius 2 is 2.36 bits per heavy atom. The van der Waals surface area contributed by atoms with Crippen molar-refractivity contribution in [1.82, 2.24) is 25.5 Å². The molecule has 2 heterocycles. The topological polar surface area (TPSA) is 81.9 Å². The van der Waals surface area contributed by atoms with E-state index in [2.05, 4.69) is 26.8 Å². The molecule has 114 valence electrons. The minimum Gasteiger partial charge on any atom is -0.493 e. The van der Waals surface area contributed by atoms with Gasteiger partial charge in [-0.2, -0.15) is 4.80 Å². The molecule has 1 aliphatic heterocycles. The van der Waals surface area contributed by atoms with Crippen LogP contribution < -0.4 is 10.1 Å². The lowest BCUT2D eigenvalue weighted by Crippen LogP contribution is -2.33. The average molecular weight is 299 g/mol. The number of hydrogen-bond donors (Lipinski definition) is 1. The highest BCUT2D eigenvalue weighted by molar-refractivity contribution is 5.84. The summed E-state index contributed by atoms with van der Waals surface area (Å²) in [7, 11) is 0. The van der Waals surface area contributed by atoms with Crippen LogP contribution in [0.15, 0.2) is 30.6 Å². The highest BCUT2D eigenvalue weighted by Crippen LogP contribution is 2.60. The highest BCUT2D eigenvalue weighted by Gasteiger charge is 2.60.